The Labute approximate surface area is 147 Å². The number of thioether (sulfide) groups is 1. The number of imidazole rings is 1. The summed E-state index contributed by atoms with van der Waals surface area (Å²) in [6, 6.07) is 7.76. The maximum atomic E-state index is 12.4. The van der Waals surface area contributed by atoms with Crippen LogP contribution in [0.4, 0.5) is 5.13 Å². The number of para-hydroxylation sites is 2. The Balaban J connectivity index is 1.81. The van der Waals surface area contributed by atoms with Gasteiger partial charge in [0.05, 0.1) is 16.8 Å². The number of carbonyl (C=O) groups excluding carboxylic acids is 2. The second-order valence-corrected chi connectivity index (χ2v) is 6.90. The minimum absolute atomic E-state index is 0.116. The number of hydrogen-bond donors (Lipinski definition) is 1. The standard InChI is InChI=1S/C16H16N4O2S2/c1-10(21)12-8-24-16(18-12)19-15(22)7-20-13-6-4-3-5-11(13)17-14(20)9-23-2/h3-6,8H,7,9H2,1-2H3,(H,18,19,22). The number of ketones is 1. The first-order valence-corrected chi connectivity index (χ1v) is 9.55. The zero-order valence-electron chi connectivity index (χ0n) is 13.3. The van der Waals surface area contributed by atoms with Gasteiger partial charge in [0, 0.05) is 12.3 Å². The molecule has 1 amide bonds. The molecule has 0 atom stereocenters. The van der Waals surface area contributed by atoms with Crippen molar-refractivity contribution in [2.75, 3.05) is 11.6 Å². The van der Waals surface area contributed by atoms with Gasteiger partial charge in [0.15, 0.2) is 10.9 Å². The van der Waals surface area contributed by atoms with E-state index in [0.29, 0.717) is 10.8 Å². The molecule has 0 bridgehead atoms. The van der Waals surface area contributed by atoms with Gasteiger partial charge in [0.2, 0.25) is 5.91 Å². The summed E-state index contributed by atoms with van der Waals surface area (Å²) < 4.78 is 1.92. The lowest BCUT2D eigenvalue weighted by Crippen LogP contribution is -2.20. The quantitative estimate of drug-likeness (QED) is 0.683. The van der Waals surface area contributed by atoms with Gasteiger partial charge >= 0.3 is 0 Å². The van der Waals surface area contributed by atoms with Crippen LogP contribution in [-0.2, 0) is 17.1 Å². The van der Waals surface area contributed by atoms with Crippen LogP contribution < -0.4 is 5.32 Å². The lowest BCUT2D eigenvalue weighted by atomic mass is 10.3. The van der Waals surface area contributed by atoms with Crippen LogP contribution in [0.1, 0.15) is 23.2 Å². The second kappa shape index (κ2) is 7.14. The van der Waals surface area contributed by atoms with Crippen LogP contribution in [0.5, 0.6) is 0 Å². The molecule has 6 nitrogen and oxygen atoms in total. The number of benzene rings is 1. The van der Waals surface area contributed by atoms with Crippen molar-refractivity contribution in [1.82, 2.24) is 14.5 Å². The lowest BCUT2D eigenvalue weighted by molar-refractivity contribution is -0.116. The number of anilines is 1. The van der Waals surface area contributed by atoms with E-state index in [1.807, 2.05) is 35.1 Å². The monoisotopic (exact) mass is 360 g/mol. The van der Waals surface area contributed by atoms with Gasteiger partial charge in [-0.25, -0.2) is 9.97 Å². The molecule has 3 aromatic rings. The van der Waals surface area contributed by atoms with Gasteiger partial charge in [-0.3, -0.25) is 9.59 Å². The van der Waals surface area contributed by atoms with Crippen LogP contribution in [0.3, 0.4) is 0 Å². The van der Waals surface area contributed by atoms with Crippen molar-refractivity contribution >= 4 is 51.0 Å². The number of amides is 1. The summed E-state index contributed by atoms with van der Waals surface area (Å²) in [5.74, 6) is 1.29. The Morgan fingerprint density at radius 2 is 2.08 bits per heavy atom. The normalized spacial score (nSPS) is 10.9. The molecule has 1 N–H and O–H groups in total. The predicted molar refractivity (Wildman–Crippen MR) is 97.7 cm³/mol. The van der Waals surface area contributed by atoms with Crippen LogP contribution in [0.15, 0.2) is 29.6 Å². The van der Waals surface area contributed by atoms with Gasteiger partial charge in [-0.2, -0.15) is 11.8 Å². The number of nitrogens with zero attached hydrogens (tertiary/aromatic N) is 3. The summed E-state index contributed by atoms with van der Waals surface area (Å²) in [6.45, 7) is 1.61. The summed E-state index contributed by atoms with van der Waals surface area (Å²) in [6.07, 6.45) is 2.00. The van der Waals surface area contributed by atoms with Gasteiger partial charge in [-0.1, -0.05) is 12.1 Å². The van der Waals surface area contributed by atoms with E-state index in [-0.39, 0.29) is 18.2 Å². The molecule has 124 valence electrons. The molecule has 0 aliphatic heterocycles. The number of thiazole rings is 1. The molecule has 0 radical (unpaired) electrons. The molecular weight excluding hydrogens is 344 g/mol. The number of hydrogen-bond acceptors (Lipinski definition) is 6. The van der Waals surface area contributed by atoms with E-state index in [0.717, 1.165) is 22.6 Å². The van der Waals surface area contributed by atoms with Crippen LogP contribution in [0.2, 0.25) is 0 Å². The van der Waals surface area contributed by atoms with Crippen LogP contribution in [0, 0.1) is 0 Å². The van der Waals surface area contributed by atoms with Crippen LogP contribution >= 0.6 is 23.1 Å². The van der Waals surface area contributed by atoms with Crippen molar-refractivity contribution in [2.24, 2.45) is 0 Å². The molecule has 0 aliphatic carbocycles. The predicted octanol–water partition coefficient (Wildman–Crippen LogP) is 3.20. The average Bonchev–Trinajstić information content (AvgIpc) is 3.14. The topological polar surface area (TPSA) is 76.9 Å². The molecule has 24 heavy (non-hydrogen) atoms. The minimum atomic E-state index is -0.190. The molecule has 0 fully saturated rings. The molecule has 3 rings (SSSR count). The van der Waals surface area contributed by atoms with E-state index in [4.69, 9.17) is 0 Å². The Morgan fingerprint density at radius 3 is 2.79 bits per heavy atom. The molecule has 2 aromatic heterocycles. The number of Topliss-reactive ketones (excluding diaryl/α,β-unsaturated/α-hetero) is 1. The third-order valence-corrected chi connectivity index (χ3v) is 4.72. The van der Waals surface area contributed by atoms with E-state index in [1.54, 1.807) is 17.1 Å². The number of fused-ring (bicyclic) bond motifs is 1. The Hall–Kier alpha value is -2.19. The van der Waals surface area contributed by atoms with E-state index in [9.17, 15) is 9.59 Å². The first-order valence-electron chi connectivity index (χ1n) is 7.28. The first kappa shape index (κ1) is 16.7. The zero-order chi connectivity index (χ0) is 17.1. The molecule has 0 aliphatic rings. The molecular formula is C16H16N4O2S2. The van der Waals surface area contributed by atoms with Gasteiger partial charge in [-0.15, -0.1) is 11.3 Å². The van der Waals surface area contributed by atoms with Crippen molar-refractivity contribution in [1.29, 1.82) is 0 Å². The molecule has 8 heteroatoms. The summed E-state index contributed by atoms with van der Waals surface area (Å²) in [7, 11) is 0. The highest BCUT2D eigenvalue weighted by atomic mass is 32.2. The highest BCUT2D eigenvalue weighted by Crippen LogP contribution is 2.20. The third-order valence-electron chi connectivity index (χ3n) is 3.42. The molecule has 2 heterocycles. The smallest absolute Gasteiger partial charge is 0.246 e. The van der Waals surface area contributed by atoms with Gasteiger partial charge in [-0.05, 0) is 18.4 Å². The van der Waals surface area contributed by atoms with E-state index in [2.05, 4.69) is 15.3 Å². The number of aromatic nitrogens is 3. The Morgan fingerprint density at radius 1 is 1.29 bits per heavy atom. The fourth-order valence-electron chi connectivity index (χ4n) is 2.34. The van der Waals surface area contributed by atoms with E-state index in [1.165, 1.54) is 18.3 Å². The van der Waals surface area contributed by atoms with Crippen molar-refractivity contribution in [3.8, 4) is 0 Å². The average molecular weight is 360 g/mol. The van der Waals surface area contributed by atoms with Crippen molar-refractivity contribution in [3.05, 3.63) is 41.2 Å². The molecule has 1 aromatic carbocycles. The maximum absolute atomic E-state index is 12.4. The molecule has 0 saturated carbocycles. The third kappa shape index (κ3) is 3.49. The largest absolute Gasteiger partial charge is 0.318 e. The molecule has 0 saturated heterocycles. The number of rotatable bonds is 6. The second-order valence-electron chi connectivity index (χ2n) is 5.18. The van der Waals surface area contributed by atoms with Crippen molar-refractivity contribution < 1.29 is 9.59 Å². The molecule has 0 unspecified atom stereocenters. The first-order chi connectivity index (χ1) is 11.6. The SMILES string of the molecule is CSCc1nc2ccccc2n1CC(=O)Nc1nc(C(C)=O)cs1. The fourth-order valence-corrected chi connectivity index (χ4v) is 3.58. The van der Waals surface area contributed by atoms with E-state index < -0.39 is 0 Å². The van der Waals surface area contributed by atoms with Crippen molar-refractivity contribution in [3.63, 3.8) is 0 Å². The van der Waals surface area contributed by atoms with Crippen LogP contribution in [0.25, 0.3) is 11.0 Å². The highest BCUT2D eigenvalue weighted by molar-refractivity contribution is 7.97. The fraction of sp³-hybridized carbons (Fsp3) is 0.250. The van der Waals surface area contributed by atoms with Gasteiger partial charge in [0.1, 0.15) is 18.1 Å². The van der Waals surface area contributed by atoms with E-state index >= 15 is 0 Å². The lowest BCUT2D eigenvalue weighted by Gasteiger charge is -2.08. The summed E-state index contributed by atoms with van der Waals surface area (Å²) in [4.78, 5) is 32.4. The number of nitrogens with one attached hydrogen (secondary N) is 1. The van der Waals surface area contributed by atoms with Gasteiger partial charge in [0.25, 0.3) is 0 Å². The summed E-state index contributed by atoms with van der Waals surface area (Å²) >= 11 is 2.90. The number of carbonyl (C=O) groups is 2. The maximum Gasteiger partial charge on any atom is 0.246 e. The Bertz CT molecular complexity index is 901. The van der Waals surface area contributed by atoms with Crippen molar-refractivity contribution in [2.45, 2.75) is 19.2 Å². The summed E-state index contributed by atoms with van der Waals surface area (Å²) in [5, 5.41) is 4.82. The molecule has 0 spiro atoms. The summed E-state index contributed by atoms with van der Waals surface area (Å²) in [5.41, 5.74) is 2.18. The minimum Gasteiger partial charge on any atom is -0.318 e. The zero-order valence-corrected chi connectivity index (χ0v) is 14.9. The Kier molecular flexibility index (Phi) is 4.96. The van der Waals surface area contributed by atoms with Crippen LogP contribution in [-0.4, -0.2) is 32.5 Å². The van der Waals surface area contributed by atoms with Gasteiger partial charge < -0.3 is 9.88 Å². The highest BCUT2D eigenvalue weighted by Gasteiger charge is 2.14.